The number of nitrogens with one attached hydrogen (secondary N) is 1. The Bertz CT molecular complexity index is 1110. The van der Waals surface area contributed by atoms with Gasteiger partial charge in [0, 0.05) is 42.9 Å². The molecule has 2 aromatic rings. The molecule has 0 unspecified atom stereocenters. The van der Waals surface area contributed by atoms with Crippen molar-refractivity contribution in [3.05, 3.63) is 48.0 Å². The lowest BCUT2D eigenvalue weighted by molar-refractivity contribution is -0.123. The van der Waals surface area contributed by atoms with Crippen LogP contribution in [0.3, 0.4) is 0 Å². The minimum absolute atomic E-state index is 0.00778. The fourth-order valence-corrected chi connectivity index (χ4v) is 4.91. The molecule has 3 heterocycles. The van der Waals surface area contributed by atoms with Crippen LogP contribution in [0, 0.1) is 11.8 Å². The van der Waals surface area contributed by atoms with Crippen LogP contribution in [0.15, 0.2) is 42.5 Å². The maximum Gasteiger partial charge on any atom is 0.231 e. The Morgan fingerprint density at radius 3 is 2.49 bits per heavy atom. The van der Waals surface area contributed by atoms with Crippen LogP contribution in [0.5, 0.6) is 11.5 Å². The summed E-state index contributed by atoms with van der Waals surface area (Å²) in [5, 5.41) is 2.95. The molecule has 9 nitrogen and oxygen atoms in total. The van der Waals surface area contributed by atoms with Crippen molar-refractivity contribution in [2.75, 3.05) is 43.2 Å². The van der Waals surface area contributed by atoms with E-state index in [1.165, 1.54) is 5.56 Å². The van der Waals surface area contributed by atoms with E-state index in [1.807, 2.05) is 30.3 Å². The van der Waals surface area contributed by atoms with Crippen LogP contribution in [-0.4, -0.2) is 55.6 Å². The summed E-state index contributed by atoms with van der Waals surface area (Å²) in [6.07, 6.45) is 2.73. The molecule has 0 spiro atoms. The van der Waals surface area contributed by atoms with Gasteiger partial charge in [-0.3, -0.25) is 14.4 Å². The van der Waals surface area contributed by atoms with E-state index in [2.05, 4.69) is 10.2 Å². The number of carbonyl (C=O) groups excluding carboxylic acids is 3. The number of piperidine rings is 1. The molecule has 2 aromatic carbocycles. The van der Waals surface area contributed by atoms with Crippen molar-refractivity contribution in [3.63, 3.8) is 0 Å². The second-order valence-corrected chi connectivity index (χ2v) is 9.40. The fraction of sp³-hybridized carbons (Fsp3) is 0.423. The highest BCUT2D eigenvalue weighted by Crippen LogP contribution is 2.37. The smallest absolute Gasteiger partial charge is 0.231 e. The van der Waals surface area contributed by atoms with Gasteiger partial charge < -0.3 is 30.3 Å². The molecule has 5 rings (SSSR count). The van der Waals surface area contributed by atoms with Gasteiger partial charge in [-0.25, -0.2) is 0 Å². The first kappa shape index (κ1) is 23.2. The van der Waals surface area contributed by atoms with E-state index in [-0.39, 0.29) is 36.9 Å². The van der Waals surface area contributed by atoms with Gasteiger partial charge in [0.05, 0.1) is 5.92 Å². The predicted molar refractivity (Wildman–Crippen MR) is 130 cm³/mol. The van der Waals surface area contributed by atoms with E-state index in [0.29, 0.717) is 23.7 Å². The lowest BCUT2D eigenvalue weighted by Crippen LogP contribution is -2.39. The average molecular weight is 479 g/mol. The summed E-state index contributed by atoms with van der Waals surface area (Å²) in [6.45, 7) is 3.22. The van der Waals surface area contributed by atoms with Crippen molar-refractivity contribution in [1.82, 2.24) is 4.90 Å². The largest absolute Gasteiger partial charge is 0.454 e. The molecular formula is C26H30N4O5. The van der Waals surface area contributed by atoms with Gasteiger partial charge in [0.25, 0.3) is 0 Å². The summed E-state index contributed by atoms with van der Waals surface area (Å²) in [5.41, 5.74) is 8.02. The molecule has 3 amide bonds. The van der Waals surface area contributed by atoms with Gasteiger partial charge in [-0.05, 0) is 62.2 Å². The number of hydrogen-bond acceptors (Lipinski definition) is 6. The molecule has 0 aromatic heterocycles. The fourth-order valence-electron chi connectivity index (χ4n) is 4.91. The maximum absolute atomic E-state index is 12.8. The number of carbonyl (C=O) groups is 3. The summed E-state index contributed by atoms with van der Waals surface area (Å²) in [4.78, 5) is 40.7. The normalized spacial score (nSPS) is 20.3. The second-order valence-electron chi connectivity index (χ2n) is 9.40. The number of fused-ring (bicyclic) bond motifs is 1. The van der Waals surface area contributed by atoms with Crippen molar-refractivity contribution in [3.8, 4) is 11.5 Å². The Morgan fingerprint density at radius 2 is 1.74 bits per heavy atom. The zero-order valence-electron chi connectivity index (χ0n) is 19.6. The molecule has 0 aliphatic carbocycles. The van der Waals surface area contributed by atoms with Gasteiger partial charge in [0.1, 0.15) is 0 Å². The maximum atomic E-state index is 12.8. The molecule has 0 radical (unpaired) electrons. The van der Waals surface area contributed by atoms with E-state index < -0.39 is 5.92 Å². The quantitative estimate of drug-likeness (QED) is 0.630. The molecule has 1 atom stereocenters. The molecule has 3 N–H and O–H groups in total. The summed E-state index contributed by atoms with van der Waals surface area (Å²) < 4.78 is 10.7. The number of nitrogens with zero attached hydrogens (tertiary/aromatic N) is 2. The first-order valence-corrected chi connectivity index (χ1v) is 12.1. The lowest BCUT2D eigenvalue weighted by Gasteiger charge is -2.30. The number of nitrogens with two attached hydrogens (primary N) is 1. The van der Waals surface area contributed by atoms with E-state index in [9.17, 15) is 14.4 Å². The Hall–Kier alpha value is -3.59. The zero-order chi connectivity index (χ0) is 24.4. The monoisotopic (exact) mass is 478 g/mol. The van der Waals surface area contributed by atoms with Crippen molar-refractivity contribution >= 4 is 29.1 Å². The Labute approximate surface area is 204 Å². The van der Waals surface area contributed by atoms with Crippen molar-refractivity contribution < 1.29 is 23.9 Å². The lowest BCUT2D eigenvalue weighted by atomic mass is 9.96. The summed E-state index contributed by atoms with van der Waals surface area (Å²) in [6, 6.07) is 13.2. The third-order valence-electron chi connectivity index (χ3n) is 7.09. The SMILES string of the molecule is NC(=O)C1CCN(CCc2ccc(NC(=O)[C@@H]3CC(=O)N(c4ccc5c(c4)OCO5)C3)cc2)CC1. The molecule has 3 aliphatic heterocycles. The van der Waals surface area contributed by atoms with Crippen LogP contribution in [-0.2, 0) is 20.8 Å². The van der Waals surface area contributed by atoms with E-state index in [0.717, 1.165) is 44.6 Å². The molecule has 0 saturated carbocycles. The van der Waals surface area contributed by atoms with E-state index in [4.69, 9.17) is 15.2 Å². The number of hydrogen-bond donors (Lipinski definition) is 2. The summed E-state index contributed by atoms with van der Waals surface area (Å²) >= 11 is 0. The van der Waals surface area contributed by atoms with Gasteiger partial charge in [-0.15, -0.1) is 0 Å². The molecule has 2 saturated heterocycles. The van der Waals surface area contributed by atoms with Crippen molar-refractivity contribution in [1.29, 1.82) is 0 Å². The molecule has 9 heteroatoms. The van der Waals surface area contributed by atoms with Gasteiger partial charge in [-0.1, -0.05) is 12.1 Å². The number of likely N-dealkylation sites (tertiary alicyclic amines) is 1. The summed E-state index contributed by atoms with van der Waals surface area (Å²) in [7, 11) is 0. The second kappa shape index (κ2) is 9.95. The molecule has 0 bridgehead atoms. The molecule has 3 aliphatic rings. The first-order chi connectivity index (χ1) is 17.0. The van der Waals surface area contributed by atoms with Crippen LogP contribution in [0.2, 0.25) is 0 Å². The van der Waals surface area contributed by atoms with Gasteiger partial charge in [0.15, 0.2) is 11.5 Å². The van der Waals surface area contributed by atoms with Crippen LogP contribution in [0.25, 0.3) is 0 Å². The highest BCUT2D eigenvalue weighted by atomic mass is 16.7. The third kappa shape index (κ3) is 5.24. The van der Waals surface area contributed by atoms with Gasteiger partial charge >= 0.3 is 0 Å². The Kier molecular flexibility index (Phi) is 6.59. The van der Waals surface area contributed by atoms with Crippen LogP contribution in [0.4, 0.5) is 11.4 Å². The van der Waals surface area contributed by atoms with E-state index in [1.54, 1.807) is 17.0 Å². The zero-order valence-corrected chi connectivity index (χ0v) is 19.6. The molecule has 35 heavy (non-hydrogen) atoms. The molecule has 184 valence electrons. The number of primary amides is 1. The summed E-state index contributed by atoms with van der Waals surface area (Å²) in [5.74, 6) is 0.421. The van der Waals surface area contributed by atoms with Gasteiger partial charge in [-0.2, -0.15) is 0 Å². The number of amides is 3. The topological polar surface area (TPSA) is 114 Å². The Balaban J connectivity index is 1.11. The average Bonchev–Trinajstić information content (AvgIpc) is 3.50. The third-order valence-corrected chi connectivity index (χ3v) is 7.09. The van der Waals surface area contributed by atoms with Gasteiger partial charge in [0.2, 0.25) is 24.5 Å². The number of ether oxygens (including phenoxy) is 2. The minimum atomic E-state index is -0.420. The van der Waals surface area contributed by atoms with Crippen LogP contribution >= 0.6 is 0 Å². The van der Waals surface area contributed by atoms with E-state index >= 15 is 0 Å². The van der Waals surface area contributed by atoms with Crippen LogP contribution in [0.1, 0.15) is 24.8 Å². The highest BCUT2D eigenvalue weighted by Gasteiger charge is 2.35. The standard InChI is InChI=1S/C26H30N4O5/c27-25(32)18-8-11-29(12-9-18)10-7-17-1-3-20(4-2-17)28-26(33)19-13-24(31)30(15-19)21-5-6-22-23(14-21)35-16-34-22/h1-6,14,18-19H,7-13,15-16H2,(H2,27,32)(H,28,33)/t19-/m1/s1. The number of rotatable bonds is 7. The minimum Gasteiger partial charge on any atom is -0.454 e. The Morgan fingerprint density at radius 1 is 1.00 bits per heavy atom. The van der Waals surface area contributed by atoms with Crippen molar-refractivity contribution in [2.45, 2.75) is 25.7 Å². The number of anilines is 2. The van der Waals surface area contributed by atoms with Crippen molar-refractivity contribution in [2.24, 2.45) is 17.6 Å². The molecular weight excluding hydrogens is 448 g/mol. The predicted octanol–water partition coefficient (Wildman–Crippen LogP) is 2.15. The molecule has 2 fully saturated rings. The first-order valence-electron chi connectivity index (χ1n) is 12.1. The highest BCUT2D eigenvalue weighted by molar-refractivity contribution is 6.03. The van der Waals surface area contributed by atoms with Crippen LogP contribution < -0.4 is 25.4 Å². The number of benzene rings is 2.